The van der Waals surface area contributed by atoms with Crippen molar-refractivity contribution in [2.75, 3.05) is 6.61 Å². The minimum absolute atomic E-state index is 0.236. The van der Waals surface area contributed by atoms with Crippen molar-refractivity contribution in [2.24, 2.45) is 0 Å². The number of ether oxygens (including phenoxy) is 2. The van der Waals surface area contributed by atoms with Gasteiger partial charge in [0.2, 0.25) is 0 Å². The summed E-state index contributed by atoms with van der Waals surface area (Å²) in [4.78, 5) is 0. The Bertz CT molecular complexity index is 141. The van der Waals surface area contributed by atoms with Gasteiger partial charge in [0.25, 0.3) is 0 Å². The van der Waals surface area contributed by atoms with Crippen LogP contribution >= 0.6 is 0 Å². The summed E-state index contributed by atoms with van der Waals surface area (Å²) in [5.41, 5.74) is 0. The molecule has 0 aromatic carbocycles. The molecule has 0 amide bonds. The molecule has 2 fully saturated rings. The van der Waals surface area contributed by atoms with Gasteiger partial charge in [-0.2, -0.15) is 0 Å². The lowest BCUT2D eigenvalue weighted by atomic mass is 10.0. The second-order valence-corrected chi connectivity index (χ2v) is 2.85. The van der Waals surface area contributed by atoms with Gasteiger partial charge in [-0.1, -0.05) is 0 Å². The number of rotatable bonds is 0. The first-order chi connectivity index (χ1) is 5.20. The Balaban J connectivity index is 2.16. The van der Waals surface area contributed by atoms with Gasteiger partial charge in [0, 0.05) is 0 Å². The molecule has 5 nitrogen and oxygen atoms in total. The predicted octanol–water partition coefficient (Wildman–Crippen LogP) is -2.18. The number of aliphatic hydroxyl groups excluding tert-OH is 3. The molecule has 5 atom stereocenters. The minimum atomic E-state index is -1.15. The zero-order chi connectivity index (χ0) is 8.01. The van der Waals surface area contributed by atoms with Gasteiger partial charge in [-0.3, -0.25) is 0 Å². The van der Waals surface area contributed by atoms with E-state index in [1.165, 1.54) is 0 Å². The van der Waals surface area contributed by atoms with E-state index in [0.717, 1.165) is 0 Å². The third-order valence-corrected chi connectivity index (χ3v) is 2.09. The zero-order valence-corrected chi connectivity index (χ0v) is 5.75. The average molecular weight is 162 g/mol. The molecule has 3 N–H and O–H groups in total. The Morgan fingerprint density at radius 2 is 1.73 bits per heavy atom. The summed E-state index contributed by atoms with van der Waals surface area (Å²) in [7, 11) is 0. The van der Waals surface area contributed by atoms with E-state index < -0.39 is 30.7 Å². The van der Waals surface area contributed by atoms with Crippen molar-refractivity contribution in [1.29, 1.82) is 0 Å². The van der Waals surface area contributed by atoms with Crippen LogP contribution in [-0.4, -0.2) is 52.6 Å². The topological polar surface area (TPSA) is 79.2 Å². The molecule has 0 aromatic heterocycles. The molecule has 2 aliphatic heterocycles. The lowest BCUT2D eigenvalue weighted by Gasteiger charge is -2.32. The van der Waals surface area contributed by atoms with Crippen molar-refractivity contribution in [3.63, 3.8) is 0 Å². The summed E-state index contributed by atoms with van der Waals surface area (Å²) < 4.78 is 9.95. The summed E-state index contributed by atoms with van der Waals surface area (Å²) >= 11 is 0. The Morgan fingerprint density at radius 3 is 2.45 bits per heavy atom. The van der Waals surface area contributed by atoms with E-state index in [0.29, 0.717) is 0 Å². The number of aliphatic hydroxyl groups is 3. The fraction of sp³-hybridized carbons (Fsp3) is 1.00. The van der Waals surface area contributed by atoms with E-state index in [4.69, 9.17) is 14.6 Å². The van der Waals surface area contributed by atoms with E-state index >= 15 is 0 Å². The molecule has 0 radical (unpaired) electrons. The lowest BCUT2D eigenvalue weighted by molar-refractivity contribution is -0.228. The standard InChI is InChI=1S/C6H10O5/c7-3-2-1-10-6(11-2)5(9)4(3)8/h2-9H,1H2/t2-,3-,4-,5-,6?/m1/s1. The SMILES string of the molecule is O[C@@H]1[C@H](O)[C@H]2COC(O2)[C@@H]1O. The summed E-state index contributed by atoms with van der Waals surface area (Å²) in [6.45, 7) is 0.236. The van der Waals surface area contributed by atoms with Crippen molar-refractivity contribution in [3.8, 4) is 0 Å². The molecular formula is C6H10O5. The maximum atomic E-state index is 9.22. The first kappa shape index (κ1) is 7.45. The highest BCUT2D eigenvalue weighted by atomic mass is 16.7. The van der Waals surface area contributed by atoms with E-state index in [1.807, 2.05) is 0 Å². The van der Waals surface area contributed by atoms with Gasteiger partial charge in [0.15, 0.2) is 6.29 Å². The first-order valence-corrected chi connectivity index (χ1v) is 3.51. The van der Waals surface area contributed by atoms with Crippen LogP contribution in [0.4, 0.5) is 0 Å². The first-order valence-electron chi connectivity index (χ1n) is 3.51. The van der Waals surface area contributed by atoms with Gasteiger partial charge < -0.3 is 24.8 Å². The minimum Gasteiger partial charge on any atom is -0.387 e. The molecule has 0 saturated carbocycles. The number of fused-ring (bicyclic) bond motifs is 2. The maximum Gasteiger partial charge on any atom is 0.186 e. The van der Waals surface area contributed by atoms with Gasteiger partial charge in [0.1, 0.15) is 24.4 Å². The van der Waals surface area contributed by atoms with Crippen LogP contribution < -0.4 is 0 Å². The van der Waals surface area contributed by atoms with Crippen molar-refractivity contribution in [2.45, 2.75) is 30.7 Å². The Morgan fingerprint density at radius 1 is 1.00 bits per heavy atom. The smallest absolute Gasteiger partial charge is 0.186 e. The molecule has 0 aliphatic carbocycles. The summed E-state index contributed by atoms with van der Waals surface area (Å²) in [5.74, 6) is 0. The number of hydrogen-bond donors (Lipinski definition) is 3. The Kier molecular flexibility index (Phi) is 1.62. The summed E-state index contributed by atoms with van der Waals surface area (Å²) in [6, 6.07) is 0. The van der Waals surface area contributed by atoms with Gasteiger partial charge in [-0.15, -0.1) is 0 Å². The molecule has 2 rings (SSSR count). The van der Waals surface area contributed by atoms with Crippen LogP contribution in [0.5, 0.6) is 0 Å². The van der Waals surface area contributed by atoms with Crippen LogP contribution in [0.2, 0.25) is 0 Å². The Labute approximate surface area is 63.2 Å². The molecule has 0 spiro atoms. The second-order valence-electron chi connectivity index (χ2n) is 2.85. The molecule has 2 saturated heterocycles. The van der Waals surface area contributed by atoms with Gasteiger partial charge in [0.05, 0.1) is 6.61 Å². The van der Waals surface area contributed by atoms with Crippen LogP contribution in [0.25, 0.3) is 0 Å². The Hall–Kier alpha value is -0.200. The third kappa shape index (κ3) is 0.969. The molecule has 64 valence electrons. The molecule has 1 unspecified atom stereocenters. The van der Waals surface area contributed by atoms with Gasteiger partial charge in [-0.05, 0) is 0 Å². The molecule has 2 heterocycles. The maximum absolute atomic E-state index is 9.22. The highest BCUT2D eigenvalue weighted by Crippen LogP contribution is 2.27. The van der Waals surface area contributed by atoms with Crippen molar-refractivity contribution < 1.29 is 24.8 Å². The fourth-order valence-corrected chi connectivity index (χ4v) is 1.38. The molecular weight excluding hydrogens is 152 g/mol. The molecule has 2 aliphatic rings. The van der Waals surface area contributed by atoms with E-state index in [2.05, 4.69) is 0 Å². The molecule has 11 heavy (non-hydrogen) atoms. The normalized spacial score (nSPS) is 56.5. The van der Waals surface area contributed by atoms with Gasteiger partial charge in [-0.25, -0.2) is 0 Å². The summed E-state index contributed by atoms with van der Waals surface area (Å²) in [5, 5.41) is 27.6. The second kappa shape index (κ2) is 2.40. The number of hydrogen-bond acceptors (Lipinski definition) is 5. The summed E-state index contributed by atoms with van der Waals surface area (Å²) in [6.07, 6.45) is -4.58. The monoisotopic (exact) mass is 162 g/mol. The van der Waals surface area contributed by atoms with Crippen LogP contribution in [-0.2, 0) is 9.47 Å². The molecule has 2 bridgehead atoms. The van der Waals surface area contributed by atoms with Crippen LogP contribution in [0.3, 0.4) is 0 Å². The highest BCUT2D eigenvalue weighted by Gasteiger charge is 2.48. The average Bonchev–Trinajstić information content (AvgIpc) is 2.44. The molecule has 5 heteroatoms. The van der Waals surface area contributed by atoms with E-state index in [1.54, 1.807) is 0 Å². The van der Waals surface area contributed by atoms with Crippen molar-refractivity contribution >= 4 is 0 Å². The highest BCUT2D eigenvalue weighted by molar-refractivity contribution is 4.92. The van der Waals surface area contributed by atoms with Crippen LogP contribution in [0, 0.1) is 0 Å². The molecule has 0 aromatic rings. The van der Waals surface area contributed by atoms with E-state index in [9.17, 15) is 10.2 Å². The largest absolute Gasteiger partial charge is 0.387 e. The van der Waals surface area contributed by atoms with E-state index in [-0.39, 0.29) is 6.61 Å². The van der Waals surface area contributed by atoms with Gasteiger partial charge >= 0.3 is 0 Å². The quantitative estimate of drug-likeness (QED) is 0.377. The predicted molar refractivity (Wildman–Crippen MR) is 32.6 cm³/mol. The third-order valence-electron chi connectivity index (χ3n) is 2.09. The van der Waals surface area contributed by atoms with Crippen molar-refractivity contribution in [1.82, 2.24) is 0 Å². The van der Waals surface area contributed by atoms with Crippen LogP contribution in [0.15, 0.2) is 0 Å². The van der Waals surface area contributed by atoms with Crippen LogP contribution in [0.1, 0.15) is 0 Å². The van der Waals surface area contributed by atoms with Crippen molar-refractivity contribution in [3.05, 3.63) is 0 Å². The zero-order valence-electron chi connectivity index (χ0n) is 5.75. The fourth-order valence-electron chi connectivity index (χ4n) is 1.38. The lowest BCUT2D eigenvalue weighted by Crippen LogP contribution is -2.53.